The number of nitrogen functional groups attached to an aromatic ring is 1. The van der Waals surface area contributed by atoms with E-state index in [1.165, 1.54) is 0 Å². The Kier molecular flexibility index (Phi) is 3.63. The maximum atomic E-state index is 12.8. The summed E-state index contributed by atoms with van der Waals surface area (Å²) >= 11 is 0. The second-order valence-corrected chi connectivity index (χ2v) is 5.20. The molecule has 0 bridgehead atoms. The fourth-order valence-electron chi connectivity index (χ4n) is 2.72. The number of benzene rings is 2. The first-order chi connectivity index (χ1) is 10.6. The molecule has 0 atom stereocenters. The van der Waals surface area contributed by atoms with Crippen LogP contribution in [0.25, 0.3) is 0 Å². The van der Waals surface area contributed by atoms with Gasteiger partial charge in [-0.3, -0.25) is 4.79 Å². The van der Waals surface area contributed by atoms with E-state index in [4.69, 9.17) is 15.2 Å². The van der Waals surface area contributed by atoms with E-state index in [1.807, 2.05) is 18.2 Å². The molecule has 3 rings (SSSR count). The van der Waals surface area contributed by atoms with Crippen LogP contribution in [0.15, 0.2) is 36.4 Å². The molecular formula is C17H18N2O3. The average molecular weight is 298 g/mol. The van der Waals surface area contributed by atoms with Gasteiger partial charge in [0.1, 0.15) is 11.5 Å². The Morgan fingerprint density at radius 3 is 2.41 bits per heavy atom. The van der Waals surface area contributed by atoms with Gasteiger partial charge < -0.3 is 20.1 Å². The highest BCUT2D eigenvalue weighted by Gasteiger charge is 2.26. The Hall–Kier alpha value is -2.69. The number of carbonyl (C=O) groups excluding carboxylic acids is 1. The van der Waals surface area contributed by atoms with Gasteiger partial charge in [-0.25, -0.2) is 0 Å². The summed E-state index contributed by atoms with van der Waals surface area (Å²) in [4.78, 5) is 14.6. The van der Waals surface area contributed by atoms with E-state index in [0.717, 1.165) is 23.4 Å². The number of rotatable bonds is 3. The predicted molar refractivity (Wildman–Crippen MR) is 85.8 cm³/mol. The minimum absolute atomic E-state index is 0.0688. The van der Waals surface area contributed by atoms with Crippen LogP contribution in [0.4, 0.5) is 11.4 Å². The third-order valence-corrected chi connectivity index (χ3v) is 3.84. The summed E-state index contributed by atoms with van der Waals surface area (Å²) in [5.41, 5.74) is 9.08. The van der Waals surface area contributed by atoms with E-state index in [2.05, 4.69) is 0 Å². The number of anilines is 2. The summed E-state index contributed by atoms with van der Waals surface area (Å²) in [7, 11) is 3.13. The monoisotopic (exact) mass is 298 g/mol. The summed E-state index contributed by atoms with van der Waals surface area (Å²) in [6, 6.07) is 10.8. The molecule has 1 aliphatic heterocycles. The van der Waals surface area contributed by atoms with Crippen molar-refractivity contribution in [2.75, 3.05) is 31.4 Å². The molecule has 0 saturated carbocycles. The Labute approximate surface area is 129 Å². The second kappa shape index (κ2) is 5.60. The smallest absolute Gasteiger partial charge is 0.258 e. The Bertz CT molecular complexity index is 706. The molecule has 0 aliphatic carbocycles. The average Bonchev–Trinajstić information content (AvgIpc) is 2.96. The molecule has 0 spiro atoms. The van der Waals surface area contributed by atoms with Crippen molar-refractivity contribution in [3.8, 4) is 11.5 Å². The lowest BCUT2D eigenvalue weighted by Gasteiger charge is -2.18. The van der Waals surface area contributed by atoms with Gasteiger partial charge in [0.05, 0.1) is 14.2 Å². The van der Waals surface area contributed by atoms with Crippen molar-refractivity contribution in [2.45, 2.75) is 6.42 Å². The number of amides is 1. The van der Waals surface area contributed by atoms with Gasteiger partial charge in [-0.2, -0.15) is 0 Å². The number of hydrogen-bond donors (Lipinski definition) is 1. The lowest BCUT2D eigenvalue weighted by molar-refractivity contribution is 0.0988. The third kappa shape index (κ3) is 2.45. The van der Waals surface area contributed by atoms with Crippen molar-refractivity contribution in [3.05, 3.63) is 47.5 Å². The van der Waals surface area contributed by atoms with Crippen LogP contribution in [0.1, 0.15) is 15.9 Å². The minimum atomic E-state index is -0.0688. The first-order valence-electron chi connectivity index (χ1n) is 7.05. The number of nitrogens with two attached hydrogens (primary N) is 1. The van der Waals surface area contributed by atoms with Gasteiger partial charge in [0.25, 0.3) is 5.91 Å². The minimum Gasteiger partial charge on any atom is -0.497 e. The Morgan fingerprint density at radius 2 is 1.77 bits per heavy atom. The van der Waals surface area contributed by atoms with Crippen LogP contribution in [0.2, 0.25) is 0 Å². The molecule has 0 unspecified atom stereocenters. The van der Waals surface area contributed by atoms with Crippen molar-refractivity contribution in [3.63, 3.8) is 0 Å². The zero-order valence-corrected chi connectivity index (χ0v) is 12.6. The molecule has 2 aromatic rings. The summed E-state index contributed by atoms with van der Waals surface area (Å²) in [6.45, 7) is 0.650. The van der Waals surface area contributed by atoms with Gasteiger partial charge in [0.15, 0.2) is 0 Å². The number of fused-ring (bicyclic) bond motifs is 1. The first kappa shape index (κ1) is 14.3. The van der Waals surface area contributed by atoms with Gasteiger partial charge in [-0.15, -0.1) is 0 Å². The maximum absolute atomic E-state index is 12.8. The van der Waals surface area contributed by atoms with Crippen molar-refractivity contribution >= 4 is 17.3 Å². The largest absolute Gasteiger partial charge is 0.497 e. The molecule has 0 aromatic heterocycles. The molecular weight excluding hydrogens is 280 g/mol. The molecule has 0 radical (unpaired) electrons. The Balaban J connectivity index is 1.96. The van der Waals surface area contributed by atoms with E-state index in [0.29, 0.717) is 23.6 Å². The van der Waals surface area contributed by atoms with Crippen LogP contribution in [-0.2, 0) is 6.42 Å². The highest BCUT2D eigenvalue weighted by molar-refractivity contribution is 6.07. The molecule has 22 heavy (non-hydrogen) atoms. The first-order valence-corrected chi connectivity index (χ1v) is 7.05. The van der Waals surface area contributed by atoms with Crippen LogP contribution < -0.4 is 20.1 Å². The molecule has 0 saturated heterocycles. The number of methoxy groups -OCH3 is 2. The summed E-state index contributed by atoms with van der Waals surface area (Å²) in [5, 5.41) is 0. The van der Waals surface area contributed by atoms with E-state index in [9.17, 15) is 4.79 Å². The molecule has 5 nitrogen and oxygen atoms in total. The number of hydrogen-bond acceptors (Lipinski definition) is 4. The van der Waals surface area contributed by atoms with Crippen molar-refractivity contribution in [1.82, 2.24) is 0 Å². The van der Waals surface area contributed by atoms with Gasteiger partial charge in [-0.05, 0) is 42.3 Å². The summed E-state index contributed by atoms with van der Waals surface area (Å²) < 4.78 is 10.5. The molecule has 0 fully saturated rings. The molecule has 1 heterocycles. The third-order valence-electron chi connectivity index (χ3n) is 3.84. The zero-order chi connectivity index (χ0) is 15.7. The van der Waals surface area contributed by atoms with Crippen molar-refractivity contribution in [1.29, 1.82) is 0 Å². The molecule has 2 aromatic carbocycles. The fraction of sp³-hybridized carbons (Fsp3) is 0.235. The van der Waals surface area contributed by atoms with E-state index in [-0.39, 0.29) is 5.91 Å². The normalized spacial score (nSPS) is 12.9. The molecule has 2 N–H and O–H groups in total. The van der Waals surface area contributed by atoms with Gasteiger partial charge in [0, 0.05) is 29.5 Å². The number of ether oxygens (including phenoxy) is 2. The SMILES string of the molecule is COc1cc(OC)cc(C(=O)N2CCc3cc(N)ccc32)c1. The van der Waals surface area contributed by atoms with E-state index >= 15 is 0 Å². The van der Waals surface area contributed by atoms with Crippen molar-refractivity contribution < 1.29 is 14.3 Å². The lowest BCUT2D eigenvalue weighted by Crippen LogP contribution is -2.28. The molecule has 1 amide bonds. The quantitative estimate of drug-likeness (QED) is 0.884. The van der Waals surface area contributed by atoms with Crippen LogP contribution in [0, 0.1) is 0 Å². The topological polar surface area (TPSA) is 64.8 Å². The Morgan fingerprint density at radius 1 is 1.09 bits per heavy atom. The zero-order valence-electron chi connectivity index (χ0n) is 12.6. The van der Waals surface area contributed by atoms with E-state index in [1.54, 1.807) is 37.3 Å². The molecule has 5 heteroatoms. The van der Waals surface area contributed by atoms with Crippen LogP contribution in [-0.4, -0.2) is 26.7 Å². The predicted octanol–water partition coefficient (Wildman–Crippen LogP) is 2.49. The lowest BCUT2D eigenvalue weighted by atomic mass is 10.1. The standard InChI is InChI=1S/C17H18N2O3/c1-21-14-8-12(9-15(10-14)22-2)17(20)19-6-5-11-7-13(18)3-4-16(11)19/h3-4,7-10H,5-6,18H2,1-2H3. The molecule has 114 valence electrons. The van der Waals surface area contributed by atoms with Gasteiger partial charge in [0.2, 0.25) is 0 Å². The van der Waals surface area contributed by atoms with E-state index < -0.39 is 0 Å². The number of carbonyl (C=O) groups is 1. The fourth-order valence-corrected chi connectivity index (χ4v) is 2.72. The summed E-state index contributed by atoms with van der Waals surface area (Å²) in [6.07, 6.45) is 0.813. The molecule has 1 aliphatic rings. The van der Waals surface area contributed by atoms with Gasteiger partial charge in [-0.1, -0.05) is 0 Å². The maximum Gasteiger partial charge on any atom is 0.258 e. The second-order valence-electron chi connectivity index (χ2n) is 5.20. The van der Waals surface area contributed by atoms with Crippen LogP contribution in [0.3, 0.4) is 0 Å². The van der Waals surface area contributed by atoms with Gasteiger partial charge >= 0.3 is 0 Å². The van der Waals surface area contributed by atoms with Crippen LogP contribution >= 0.6 is 0 Å². The highest BCUT2D eigenvalue weighted by atomic mass is 16.5. The summed E-state index contributed by atoms with van der Waals surface area (Å²) in [5.74, 6) is 1.12. The van der Waals surface area contributed by atoms with Crippen molar-refractivity contribution in [2.24, 2.45) is 0 Å². The number of nitrogens with zero attached hydrogens (tertiary/aromatic N) is 1. The highest BCUT2D eigenvalue weighted by Crippen LogP contribution is 2.32. The van der Waals surface area contributed by atoms with Crippen LogP contribution in [0.5, 0.6) is 11.5 Å².